The molecule has 108 valence electrons. The molecule has 3 nitrogen and oxygen atoms in total. The highest BCUT2D eigenvalue weighted by molar-refractivity contribution is 8.07. The number of hydrogen-bond acceptors (Lipinski definition) is 4. The summed E-state index contributed by atoms with van der Waals surface area (Å²) in [5.74, 6) is 4.00. The van der Waals surface area contributed by atoms with Crippen molar-refractivity contribution in [3.8, 4) is 0 Å². The molecule has 1 aliphatic heterocycles. The number of carbonyl (C=O) groups is 1. The molecule has 0 radical (unpaired) electrons. The number of nitrogens with two attached hydrogens (primary N) is 1. The smallest absolute Gasteiger partial charge is 0.236 e. The number of halogens is 1. The predicted octanol–water partition coefficient (Wildman–Crippen LogP) is 2.09. The minimum Gasteiger partial charge on any atom is -0.345 e. The SMILES string of the molecule is CC(C)C(N)CCN(C)C(=O)C1CSCCS1.Cl. The van der Waals surface area contributed by atoms with E-state index in [1.165, 1.54) is 5.75 Å². The van der Waals surface area contributed by atoms with Crippen LogP contribution in [0.5, 0.6) is 0 Å². The first kappa shape index (κ1) is 18.4. The van der Waals surface area contributed by atoms with Crippen LogP contribution < -0.4 is 5.73 Å². The molecule has 1 rings (SSSR count). The summed E-state index contributed by atoms with van der Waals surface area (Å²) in [7, 11) is 1.90. The molecule has 0 saturated carbocycles. The normalized spacial score (nSPS) is 21.3. The van der Waals surface area contributed by atoms with Crippen molar-refractivity contribution in [3.05, 3.63) is 0 Å². The van der Waals surface area contributed by atoms with Crippen LogP contribution in [0, 0.1) is 5.92 Å². The number of nitrogens with zero attached hydrogens (tertiary/aromatic N) is 1. The van der Waals surface area contributed by atoms with Gasteiger partial charge in [0.2, 0.25) is 5.91 Å². The van der Waals surface area contributed by atoms with E-state index in [4.69, 9.17) is 5.73 Å². The third-order valence-electron chi connectivity index (χ3n) is 3.12. The van der Waals surface area contributed by atoms with Gasteiger partial charge in [0.1, 0.15) is 0 Å². The molecule has 1 saturated heterocycles. The molecule has 0 spiro atoms. The summed E-state index contributed by atoms with van der Waals surface area (Å²) in [6.45, 7) is 5.03. The highest BCUT2D eigenvalue weighted by Crippen LogP contribution is 2.25. The lowest BCUT2D eigenvalue weighted by Gasteiger charge is -2.27. The summed E-state index contributed by atoms with van der Waals surface area (Å²) in [4.78, 5) is 14.0. The maximum atomic E-state index is 12.1. The van der Waals surface area contributed by atoms with E-state index in [1.807, 2.05) is 23.7 Å². The zero-order valence-corrected chi connectivity index (χ0v) is 13.9. The Morgan fingerprint density at radius 2 is 2.11 bits per heavy atom. The van der Waals surface area contributed by atoms with Crippen molar-refractivity contribution in [2.75, 3.05) is 30.9 Å². The van der Waals surface area contributed by atoms with Gasteiger partial charge in [0, 0.05) is 36.9 Å². The molecule has 1 heterocycles. The number of amides is 1. The van der Waals surface area contributed by atoms with E-state index in [2.05, 4.69) is 13.8 Å². The van der Waals surface area contributed by atoms with E-state index in [1.54, 1.807) is 11.8 Å². The van der Waals surface area contributed by atoms with Crippen molar-refractivity contribution in [3.63, 3.8) is 0 Å². The maximum absolute atomic E-state index is 12.1. The molecule has 0 aromatic heterocycles. The Bertz CT molecular complexity index is 248. The Balaban J connectivity index is 0.00000289. The average molecular weight is 313 g/mol. The fourth-order valence-corrected chi connectivity index (χ4v) is 4.32. The summed E-state index contributed by atoms with van der Waals surface area (Å²) in [6, 6.07) is 0.193. The molecule has 18 heavy (non-hydrogen) atoms. The van der Waals surface area contributed by atoms with E-state index in [9.17, 15) is 4.79 Å². The minimum atomic E-state index is 0. The Labute approximate surface area is 125 Å². The zero-order valence-electron chi connectivity index (χ0n) is 11.4. The molecular formula is C12H25ClN2OS2. The molecule has 1 fully saturated rings. The van der Waals surface area contributed by atoms with Gasteiger partial charge in [-0.1, -0.05) is 13.8 Å². The second-order valence-electron chi connectivity index (χ2n) is 4.89. The Kier molecular flexibility index (Phi) is 9.56. The van der Waals surface area contributed by atoms with Crippen molar-refractivity contribution in [2.45, 2.75) is 31.6 Å². The lowest BCUT2D eigenvalue weighted by atomic mass is 10.0. The van der Waals surface area contributed by atoms with Crippen LogP contribution in [0.2, 0.25) is 0 Å². The van der Waals surface area contributed by atoms with Gasteiger partial charge in [-0.05, 0) is 12.3 Å². The lowest BCUT2D eigenvalue weighted by molar-refractivity contribution is -0.129. The van der Waals surface area contributed by atoms with Crippen LogP contribution in [0.3, 0.4) is 0 Å². The topological polar surface area (TPSA) is 46.3 Å². The van der Waals surface area contributed by atoms with Gasteiger partial charge < -0.3 is 10.6 Å². The molecule has 2 atom stereocenters. The van der Waals surface area contributed by atoms with Gasteiger partial charge in [-0.3, -0.25) is 4.79 Å². The fraction of sp³-hybridized carbons (Fsp3) is 0.917. The van der Waals surface area contributed by atoms with Crippen molar-refractivity contribution in [1.29, 1.82) is 0 Å². The van der Waals surface area contributed by atoms with Crippen LogP contribution in [-0.2, 0) is 4.79 Å². The molecule has 0 aromatic rings. The van der Waals surface area contributed by atoms with Gasteiger partial charge >= 0.3 is 0 Å². The predicted molar refractivity (Wildman–Crippen MR) is 85.9 cm³/mol. The molecular weight excluding hydrogens is 288 g/mol. The number of rotatable bonds is 5. The third-order valence-corrected chi connectivity index (χ3v) is 5.86. The van der Waals surface area contributed by atoms with Crippen LogP contribution in [0.1, 0.15) is 20.3 Å². The second kappa shape index (κ2) is 9.34. The standard InChI is InChI=1S/C12H24N2OS2.ClH/c1-9(2)10(13)4-5-14(3)12(15)11-8-16-6-7-17-11;/h9-11H,4-8,13H2,1-3H3;1H. The largest absolute Gasteiger partial charge is 0.345 e. The first-order valence-corrected chi connectivity index (χ1v) is 8.42. The maximum Gasteiger partial charge on any atom is 0.236 e. The first-order chi connectivity index (χ1) is 8.02. The van der Waals surface area contributed by atoms with Crippen molar-refractivity contribution >= 4 is 41.8 Å². The minimum absolute atomic E-state index is 0. The van der Waals surface area contributed by atoms with Gasteiger partial charge in [0.15, 0.2) is 0 Å². The van der Waals surface area contributed by atoms with Gasteiger partial charge in [-0.2, -0.15) is 11.8 Å². The molecule has 2 N–H and O–H groups in total. The van der Waals surface area contributed by atoms with Crippen LogP contribution in [0.25, 0.3) is 0 Å². The van der Waals surface area contributed by atoms with Crippen molar-refractivity contribution < 1.29 is 4.79 Å². The molecule has 1 aliphatic rings. The second-order valence-corrected chi connectivity index (χ2v) is 7.35. The monoisotopic (exact) mass is 312 g/mol. The molecule has 0 bridgehead atoms. The Hall–Kier alpha value is 0.420. The van der Waals surface area contributed by atoms with E-state index >= 15 is 0 Å². The molecule has 2 unspecified atom stereocenters. The summed E-state index contributed by atoms with van der Waals surface area (Å²) < 4.78 is 0. The lowest BCUT2D eigenvalue weighted by Crippen LogP contribution is -2.40. The Morgan fingerprint density at radius 1 is 1.44 bits per heavy atom. The highest BCUT2D eigenvalue weighted by atomic mass is 35.5. The molecule has 1 amide bonds. The van der Waals surface area contributed by atoms with Crippen molar-refractivity contribution in [1.82, 2.24) is 4.90 Å². The van der Waals surface area contributed by atoms with Crippen LogP contribution in [0.15, 0.2) is 0 Å². The number of carbonyl (C=O) groups excluding carboxylic acids is 1. The molecule has 0 aliphatic carbocycles. The van der Waals surface area contributed by atoms with E-state index in [0.717, 1.165) is 24.5 Å². The van der Waals surface area contributed by atoms with E-state index in [-0.39, 0.29) is 29.6 Å². The zero-order chi connectivity index (χ0) is 12.8. The average Bonchev–Trinajstić information content (AvgIpc) is 2.35. The molecule has 6 heteroatoms. The van der Waals surface area contributed by atoms with Gasteiger partial charge in [0.25, 0.3) is 0 Å². The van der Waals surface area contributed by atoms with Crippen molar-refractivity contribution in [2.24, 2.45) is 11.7 Å². The molecule has 0 aromatic carbocycles. The quantitative estimate of drug-likeness (QED) is 0.844. The number of thioether (sulfide) groups is 2. The Morgan fingerprint density at radius 3 is 2.61 bits per heavy atom. The first-order valence-electron chi connectivity index (χ1n) is 6.22. The van der Waals surface area contributed by atoms with Crippen LogP contribution in [0.4, 0.5) is 0 Å². The summed E-state index contributed by atoms with van der Waals surface area (Å²) in [5.41, 5.74) is 6.00. The summed E-state index contributed by atoms with van der Waals surface area (Å²) in [5, 5.41) is 0.161. The highest BCUT2D eigenvalue weighted by Gasteiger charge is 2.25. The summed E-state index contributed by atoms with van der Waals surface area (Å²) >= 11 is 3.68. The van der Waals surface area contributed by atoms with E-state index in [0.29, 0.717) is 5.92 Å². The summed E-state index contributed by atoms with van der Waals surface area (Å²) in [6.07, 6.45) is 0.893. The number of hydrogen-bond donors (Lipinski definition) is 1. The third kappa shape index (κ3) is 6.04. The van der Waals surface area contributed by atoms with Gasteiger partial charge in [-0.25, -0.2) is 0 Å². The van der Waals surface area contributed by atoms with Gasteiger partial charge in [-0.15, -0.1) is 24.2 Å². The fourth-order valence-electron chi connectivity index (χ4n) is 1.66. The van der Waals surface area contributed by atoms with Crippen LogP contribution in [-0.4, -0.2) is 52.9 Å². The van der Waals surface area contributed by atoms with Gasteiger partial charge in [0.05, 0.1) is 5.25 Å². The van der Waals surface area contributed by atoms with E-state index < -0.39 is 0 Å². The van der Waals surface area contributed by atoms with Crippen LogP contribution >= 0.6 is 35.9 Å².